The van der Waals surface area contributed by atoms with E-state index in [1.54, 1.807) is 11.8 Å². The smallest absolute Gasteiger partial charge is 0.136 e. The summed E-state index contributed by atoms with van der Waals surface area (Å²) in [5.74, 6) is 1.17. The lowest BCUT2D eigenvalue weighted by atomic mass is 10.4. The van der Waals surface area contributed by atoms with Crippen LogP contribution in [0.1, 0.15) is 26.7 Å². The molecule has 0 aromatic carbocycles. The molecule has 0 bridgehead atoms. The Morgan fingerprint density at radius 1 is 1.45 bits per heavy atom. The third-order valence-corrected chi connectivity index (χ3v) is 3.23. The Bertz CT molecular complexity index is 115. The highest BCUT2D eigenvalue weighted by atomic mass is 32.2. The van der Waals surface area contributed by atoms with Gasteiger partial charge < -0.3 is 4.90 Å². The number of unbranched alkanes of at least 4 members (excludes halogenated alkanes) is 1. The van der Waals surface area contributed by atoms with Crippen molar-refractivity contribution in [2.75, 3.05) is 19.3 Å². The molecule has 0 saturated carbocycles. The lowest BCUT2D eigenvalue weighted by Gasteiger charge is -2.16. The van der Waals surface area contributed by atoms with Crippen molar-refractivity contribution in [2.45, 2.75) is 26.7 Å². The Morgan fingerprint density at radius 2 is 2.09 bits per heavy atom. The zero-order valence-corrected chi connectivity index (χ0v) is 9.23. The van der Waals surface area contributed by atoms with Crippen LogP contribution in [0.25, 0.3) is 0 Å². The summed E-state index contributed by atoms with van der Waals surface area (Å²) in [6.45, 7) is 5.33. The minimum absolute atomic E-state index is 1.01. The molecule has 0 rings (SSSR count). The van der Waals surface area contributed by atoms with E-state index in [0.717, 1.165) is 10.9 Å². The van der Waals surface area contributed by atoms with E-state index < -0.39 is 0 Å². The van der Waals surface area contributed by atoms with Gasteiger partial charge in [-0.25, -0.2) is 0 Å². The van der Waals surface area contributed by atoms with Crippen LogP contribution in [-0.4, -0.2) is 28.6 Å². The van der Waals surface area contributed by atoms with Crippen LogP contribution in [0, 0.1) is 0 Å². The molecule has 11 heavy (non-hydrogen) atoms. The van der Waals surface area contributed by atoms with E-state index >= 15 is 0 Å². The van der Waals surface area contributed by atoms with E-state index in [1.165, 1.54) is 18.6 Å². The zero-order chi connectivity index (χ0) is 8.69. The molecule has 3 heteroatoms. The summed E-state index contributed by atoms with van der Waals surface area (Å²) in [5, 5.41) is 0. The van der Waals surface area contributed by atoms with E-state index in [-0.39, 0.29) is 0 Å². The highest BCUT2D eigenvalue weighted by Gasteiger charge is 2.00. The highest BCUT2D eigenvalue weighted by molar-refractivity contribution is 8.22. The van der Waals surface area contributed by atoms with Crippen molar-refractivity contribution in [3.05, 3.63) is 0 Å². The molecule has 0 atom stereocenters. The molecule has 0 aliphatic rings. The lowest BCUT2D eigenvalue weighted by molar-refractivity contribution is 0.555. The quantitative estimate of drug-likeness (QED) is 0.497. The molecule has 0 heterocycles. The van der Waals surface area contributed by atoms with Gasteiger partial charge in [-0.05, 0) is 13.3 Å². The Hall–Kier alpha value is 0.240. The predicted molar refractivity (Wildman–Crippen MR) is 58.3 cm³/mol. The van der Waals surface area contributed by atoms with Crippen LogP contribution in [0.4, 0.5) is 0 Å². The van der Waals surface area contributed by atoms with Crippen molar-refractivity contribution in [1.82, 2.24) is 4.90 Å². The van der Waals surface area contributed by atoms with E-state index in [0.29, 0.717) is 0 Å². The van der Waals surface area contributed by atoms with Gasteiger partial charge in [0.2, 0.25) is 0 Å². The molecule has 0 spiro atoms. The molecular weight excluding hydrogens is 174 g/mol. The number of nitrogens with zero attached hydrogens (tertiary/aromatic N) is 1. The van der Waals surface area contributed by atoms with Gasteiger partial charge in [0.15, 0.2) is 0 Å². The van der Waals surface area contributed by atoms with Crippen LogP contribution in [0.15, 0.2) is 0 Å². The van der Waals surface area contributed by atoms with Crippen molar-refractivity contribution in [3.8, 4) is 0 Å². The van der Waals surface area contributed by atoms with Crippen molar-refractivity contribution in [3.63, 3.8) is 0 Å². The summed E-state index contributed by atoms with van der Waals surface area (Å²) < 4.78 is 1.03. The minimum atomic E-state index is 1.01. The average Bonchev–Trinajstić information content (AvgIpc) is 2.03. The van der Waals surface area contributed by atoms with Gasteiger partial charge in [0, 0.05) is 19.3 Å². The second kappa shape index (κ2) is 6.92. The van der Waals surface area contributed by atoms with E-state index in [4.69, 9.17) is 12.2 Å². The third-order valence-electron chi connectivity index (χ3n) is 1.51. The first-order valence-corrected chi connectivity index (χ1v) is 5.49. The molecule has 0 aromatic rings. The minimum Gasteiger partial charge on any atom is -0.361 e. The van der Waals surface area contributed by atoms with Gasteiger partial charge in [-0.1, -0.05) is 37.3 Å². The number of thiocarbonyl (C=S) groups is 1. The fraction of sp³-hybridized carbons (Fsp3) is 0.875. The molecule has 0 amide bonds. The number of thioether (sulfide) groups is 1. The van der Waals surface area contributed by atoms with E-state index in [9.17, 15) is 0 Å². The third kappa shape index (κ3) is 5.50. The van der Waals surface area contributed by atoms with Gasteiger partial charge in [0.1, 0.15) is 4.32 Å². The summed E-state index contributed by atoms with van der Waals surface area (Å²) >= 11 is 6.97. The van der Waals surface area contributed by atoms with Gasteiger partial charge in [0.25, 0.3) is 0 Å². The number of rotatable bonds is 4. The van der Waals surface area contributed by atoms with Gasteiger partial charge in [-0.15, -0.1) is 0 Å². The SMILES string of the molecule is CCCCSC(=S)N(C)CC. The summed E-state index contributed by atoms with van der Waals surface area (Å²) in [6, 6.07) is 0. The largest absolute Gasteiger partial charge is 0.361 e. The molecule has 1 nitrogen and oxygen atoms in total. The standard InChI is InChI=1S/C8H17NS2/c1-4-6-7-11-8(10)9(3)5-2/h4-7H2,1-3H3. The Labute approximate surface area is 79.5 Å². The van der Waals surface area contributed by atoms with E-state index in [2.05, 4.69) is 18.7 Å². The molecule has 0 aliphatic carbocycles. The molecule has 0 unspecified atom stereocenters. The second-order valence-corrected chi connectivity index (χ2v) is 4.21. The van der Waals surface area contributed by atoms with Gasteiger partial charge in [-0.3, -0.25) is 0 Å². The van der Waals surface area contributed by atoms with E-state index in [1.807, 2.05) is 7.05 Å². The van der Waals surface area contributed by atoms with Crippen LogP contribution in [0.3, 0.4) is 0 Å². The maximum absolute atomic E-state index is 5.18. The van der Waals surface area contributed by atoms with Crippen LogP contribution < -0.4 is 0 Å². The molecule has 0 radical (unpaired) electrons. The highest BCUT2D eigenvalue weighted by Crippen LogP contribution is 2.09. The van der Waals surface area contributed by atoms with Crippen LogP contribution in [0.2, 0.25) is 0 Å². The summed E-state index contributed by atoms with van der Waals surface area (Å²) in [5.41, 5.74) is 0. The van der Waals surface area contributed by atoms with Crippen LogP contribution in [0.5, 0.6) is 0 Å². The maximum Gasteiger partial charge on any atom is 0.136 e. The Balaban J connectivity index is 3.36. The molecular formula is C8H17NS2. The van der Waals surface area contributed by atoms with Gasteiger partial charge in [0.05, 0.1) is 0 Å². The summed E-state index contributed by atoms with van der Waals surface area (Å²) in [4.78, 5) is 2.11. The zero-order valence-electron chi connectivity index (χ0n) is 7.59. The fourth-order valence-electron chi connectivity index (χ4n) is 0.543. The second-order valence-electron chi connectivity index (χ2n) is 2.48. The fourth-order valence-corrected chi connectivity index (χ4v) is 1.88. The summed E-state index contributed by atoms with van der Waals surface area (Å²) in [7, 11) is 2.04. The van der Waals surface area contributed by atoms with Crippen molar-refractivity contribution >= 4 is 28.3 Å². The Morgan fingerprint density at radius 3 is 2.55 bits per heavy atom. The van der Waals surface area contributed by atoms with Gasteiger partial charge in [-0.2, -0.15) is 0 Å². The Kier molecular flexibility index (Phi) is 7.07. The molecule has 0 N–H and O–H groups in total. The monoisotopic (exact) mass is 191 g/mol. The van der Waals surface area contributed by atoms with Gasteiger partial charge >= 0.3 is 0 Å². The first-order valence-electron chi connectivity index (χ1n) is 4.10. The lowest BCUT2D eigenvalue weighted by Crippen LogP contribution is -2.21. The summed E-state index contributed by atoms with van der Waals surface area (Å²) in [6.07, 6.45) is 2.52. The number of hydrogen-bond donors (Lipinski definition) is 0. The first kappa shape index (κ1) is 11.2. The molecule has 0 aliphatic heterocycles. The van der Waals surface area contributed by atoms with Crippen molar-refractivity contribution < 1.29 is 0 Å². The molecule has 66 valence electrons. The molecule has 0 aromatic heterocycles. The van der Waals surface area contributed by atoms with Crippen LogP contribution >= 0.6 is 24.0 Å². The average molecular weight is 191 g/mol. The van der Waals surface area contributed by atoms with Crippen LogP contribution in [-0.2, 0) is 0 Å². The maximum atomic E-state index is 5.18. The topological polar surface area (TPSA) is 3.24 Å². The molecule has 0 saturated heterocycles. The first-order chi connectivity index (χ1) is 5.22. The predicted octanol–water partition coefficient (Wildman–Crippen LogP) is 2.76. The van der Waals surface area contributed by atoms with Crippen molar-refractivity contribution in [1.29, 1.82) is 0 Å². The normalized spacial score (nSPS) is 9.73. The van der Waals surface area contributed by atoms with Crippen molar-refractivity contribution in [2.24, 2.45) is 0 Å². The molecule has 0 fully saturated rings. The number of hydrogen-bond acceptors (Lipinski definition) is 2.